The molecule has 0 aromatic heterocycles. The summed E-state index contributed by atoms with van der Waals surface area (Å²) in [6.07, 6.45) is 0. The Morgan fingerprint density at radius 3 is 2.21 bits per heavy atom. The fourth-order valence-corrected chi connectivity index (χ4v) is 3.09. The predicted molar refractivity (Wildman–Crippen MR) is 101 cm³/mol. The van der Waals surface area contributed by atoms with Crippen molar-refractivity contribution < 1.29 is 9.69 Å². The molecule has 2 N–H and O–H groups in total. The Kier molecular flexibility index (Phi) is 5.79. The van der Waals surface area contributed by atoms with E-state index in [9.17, 15) is 4.79 Å². The molecule has 128 valence electrons. The molecule has 3 nitrogen and oxygen atoms in total. The molecule has 1 unspecified atom stereocenters. The molecule has 2 aromatic rings. The third kappa shape index (κ3) is 4.24. The number of likely N-dealkylation sites (N-methyl/N-ethyl adjacent to an activating group) is 1. The number of amides is 1. The number of nitrogens with one attached hydrogen (secondary N) is 2. The second kappa shape index (κ2) is 7.63. The van der Waals surface area contributed by atoms with Crippen LogP contribution in [0.3, 0.4) is 0 Å². The van der Waals surface area contributed by atoms with Gasteiger partial charge in [-0.25, -0.2) is 0 Å². The Bertz CT molecular complexity index is 713. The van der Waals surface area contributed by atoms with Gasteiger partial charge in [-0.15, -0.1) is 0 Å². The third-order valence-corrected chi connectivity index (χ3v) is 4.79. The molecule has 0 saturated heterocycles. The normalized spacial score (nSPS) is 13.4. The molecule has 0 saturated carbocycles. The maximum absolute atomic E-state index is 12.7. The highest BCUT2D eigenvalue weighted by molar-refractivity contribution is 5.95. The summed E-state index contributed by atoms with van der Waals surface area (Å²) in [7, 11) is 2.07. The van der Waals surface area contributed by atoms with Crippen LogP contribution >= 0.6 is 0 Å². The summed E-state index contributed by atoms with van der Waals surface area (Å²) in [5, 5.41) is 3.13. The monoisotopic (exact) mass is 325 g/mol. The highest BCUT2D eigenvalue weighted by atomic mass is 16.2. The van der Waals surface area contributed by atoms with Crippen LogP contribution in [0, 0.1) is 27.7 Å². The predicted octanol–water partition coefficient (Wildman–Crippen LogP) is 2.96. The van der Waals surface area contributed by atoms with E-state index < -0.39 is 0 Å². The minimum absolute atomic E-state index is 0.0659. The molecule has 24 heavy (non-hydrogen) atoms. The number of carbonyl (C=O) groups is 1. The maximum atomic E-state index is 12.7. The van der Waals surface area contributed by atoms with E-state index in [1.54, 1.807) is 0 Å². The molecule has 2 rings (SSSR count). The number of quaternary nitrogens is 1. The van der Waals surface area contributed by atoms with Crippen molar-refractivity contribution in [2.45, 2.75) is 47.2 Å². The molecule has 1 amide bonds. The van der Waals surface area contributed by atoms with Crippen LogP contribution in [0.5, 0.6) is 0 Å². The van der Waals surface area contributed by atoms with Crippen molar-refractivity contribution in [3.63, 3.8) is 0 Å². The number of hydrogen-bond donors (Lipinski definition) is 2. The standard InChI is InChI=1S/C21H28N2O/c1-14-11-16(3)20(17(4)12-14)22-21(24)18(5)23(6)13-19-10-8-7-9-15(19)2/h7-12,18H,13H2,1-6H3,(H,22,24)/p+1/t18-/m0/s1. The van der Waals surface area contributed by atoms with Crippen molar-refractivity contribution in [2.24, 2.45) is 0 Å². The lowest BCUT2D eigenvalue weighted by atomic mass is 10.0. The van der Waals surface area contributed by atoms with Gasteiger partial charge in [0.1, 0.15) is 6.54 Å². The first-order chi connectivity index (χ1) is 11.3. The Balaban J connectivity index is 2.08. The van der Waals surface area contributed by atoms with Gasteiger partial charge in [-0.2, -0.15) is 0 Å². The van der Waals surface area contributed by atoms with Gasteiger partial charge in [0, 0.05) is 11.3 Å². The van der Waals surface area contributed by atoms with Crippen LogP contribution < -0.4 is 10.2 Å². The second-order valence-electron chi connectivity index (χ2n) is 6.93. The molecule has 0 radical (unpaired) electrons. The molecular weight excluding hydrogens is 296 g/mol. The Morgan fingerprint density at radius 1 is 1.04 bits per heavy atom. The molecule has 0 spiro atoms. The largest absolute Gasteiger partial charge is 0.324 e. The van der Waals surface area contributed by atoms with Crippen LogP contribution in [0.15, 0.2) is 36.4 Å². The van der Waals surface area contributed by atoms with Gasteiger partial charge in [-0.05, 0) is 51.3 Å². The van der Waals surface area contributed by atoms with Crippen molar-refractivity contribution in [1.29, 1.82) is 0 Å². The van der Waals surface area contributed by atoms with Crippen molar-refractivity contribution in [2.75, 3.05) is 12.4 Å². The lowest BCUT2D eigenvalue weighted by molar-refractivity contribution is -0.907. The maximum Gasteiger partial charge on any atom is 0.282 e. The van der Waals surface area contributed by atoms with Gasteiger partial charge in [-0.3, -0.25) is 4.79 Å². The van der Waals surface area contributed by atoms with Crippen LogP contribution in [0.1, 0.15) is 34.7 Å². The molecule has 0 bridgehead atoms. The molecule has 0 aliphatic heterocycles. The number of anilines is 1. The first kappa shape index (κ1) is 18.2. The second-order valence-corrected chi connectivity index (χ2v) is 6.93. The SMILES string of the molecule is Cc1cc(C)c(NC(=O)[C@H](C)[NH+](C)Cc2ccccc2C)c(C)c1. The van der Waals surface area contributed by atoms with E-state index in [4.69, 9.17) is 0 Å². The van der Waals surface area contributed by atoms with E-state index in [0.29, 0.717) is 0 Å². The summed E-state index contributed by atoms with van der Waals surface area (Å²) in [6.45, 7) is 11.1. The summed E-state index contributed by atoms with van der Waals surface area (Å²) < 4.78 is 0. The highest BCUT2D eigenvalue weighted by Gasteiger charge is 2.23. The zero-order valence-corrected chi connectivity index (χ0v) is 15.7. The van der Waals surface area contributed by atoms with Crippen LogP contribution in [-0.2, 0) is 11.3 Å². The fourth-order valence-electron chi connectivity index (χ4n) is 3.09. The smallest absolute Gasteiger partial charge is 0.282 e. The molecular formula is C21H29N2O+. The number of aryl methyl sites for hydroxylation is 4. The molecule has 0 aliphatic carbocycles. The zero-order valence-electron chi connectivity index (χ0n) is 15.7. The van der Waals surface area contributed by atoms with E-state index in [1.165, 1.54) is 21.6 Å². The van der Waals surface area contributed by atoms with Crippen molar-refractivity contribution in [3.05, 3.63) is 64.2 Å². The quantitative estimate of drug-likeness (QED) is 0.871. The van der Waals surface area contributed by atoms with Crippen molar-refractivity contribution in [3.8, 4) is 0 Å². The molecule has 0 heterocycles. The lowest BCUT2D eigenvalue weighted by Gasteiger charge is -2.23. The topological polar surface area (TPSA) is 33.5 Å². The summed E-state index contributed by atoms with van der Waals surface area (Å²) in [4.78, 5) is 13.9. The van der Waals surface area contributed by atoms with Crippen molar-refractivity contribution in [1.82, 2.24) is 0 Å². The molecule has 0 fully saturated rings. The molecule has 2 atom stereocenters. The van der Waals surface area contributed by atoms with Crippen LogP contribution in [0.25, 0.3) is 0 Å². The Labute approximate surface area is 145 Å². The van der Waals surface area contributed by atoms with E-state index in [2.05, 4.69) is 56.5 Å². The number of hydrogen-bond acceptors (Lipinski definition) is 1. The molecule has 2 aromatic carbocycles. The third-order valence-electron chi connectivity index (χ3n) is 4.79. The van der Waals surface area contributed by atoms with Gasteiger partial charge in [0.15, 0.2) is 6.04 Å². The van der Waals surface area contributed by atoms with Gasteiger partial charge >= 0.3 is 0 Å². The van der Waals surface area contributed by atoms with Crippen molar-refractivity contribution >= 4 is 11.6 Å². The van der Waals surface area contributed by atoms with E-state index >= 15 is 0 Å². The molecule has 0 aliphatic rings. The summed E-state index contributed by atoms with van der Waals surface area (Å²) in [5.41, 5.74) is 6.96. The fraction of sp³-hybridized carbons (Fsp3) is 0.381. The van der Waals surface area contributed by atoms with E-state index in [-0.39, 0.29) is 11.9 Å². The first-order valence-electron chi connectivity index (χ1n) is 8.55. The zero-order chi connectivity index (χ0) is 17.9. The van der Waals surface area contributed by atoms with Gasteiger partial charge in [0.25, 0.3) is 5.91 Å². The lowest BCUT2D eigenvalue weighted by Crippen LogP contribution is -3.12. The van der Waals surface area contributed by atoms with Crippen LogP contribution in [0.4, 0.5) is 5.69 Å². The Morgan fingerprint density at radius 2 is 1.62 bits per heavy atom. The first-order valence-corrected chi connectivity index (χ1v) is 8.55. The minimum atomic E-state index is -0.121. The highest BCUT2D eigenvalue weighted by Crippen LogP contribution is 2.21. The Hall–Kier alpha value is -2.13. The summed E-state index contributed by atoms with van der Waals surface area (Å²) >= 11 is 0. The van der Waals surface area contributed by atoms with Crippen LogP contribution in [0.2, 0.25) is 0 Å². The van der Waals surface area contributed by atoms with Gasteiger partial charge in [-0.1, -0.05) is 42.0 Å². The number of rotatable bonds is 5. The van der Waals surface area contributed by atoms with Crippen LogP contribution in [-0.4, -0.2) is 19.0 Å². The average molecular weight is 325 g/mol. The molecule has 3 heteroatoms. The summed E-state index contributed by atoms with van der Waals surface area (Å²) in [6, 6.07) is 12.5. The number of benzene rings is 2. The van der Waals surface area contributed by atoms with Gasteiger partial charge in [0.05, 0.1) is 7.05 Å². The van der Waals surface area contributed by atoms with E-state index in [0.717, 1.165) is 23.4 Å². The number of carbonyl (C=O) groups excluding carboxylic acids is 1. The van der Waals surface area contributed by atoms with Gasteiger partial charge in [0.2, 0.25) is 0 Å². The summed E-state index contributed by atoms with van der Waals surface area (Å²) in [5.74, 6) is 0.0659. The van der Waals surface area contributed by atoms with E-state index in [1.807, 2.05) is 26.8 Å². The minimum Gasteiger partial charge on any atom is -0.324 e. The van der Waals surface area contributed by atoms with Gasteiger partial charge < -0.3 is 10.2 Å². The average Bonchev–Trinajstić information content (AvgIpc) is 2.52.